The van der Waals surface area contributed by atoms with Crippen LogP contribution in [0.5, 0.6) is 0 Å². The number of hydrazone groups is 1. The highest BCUT2D eigenvalue weighted by atomic mass is 79.9. The van der Waals surface area contributed by atoms with Crippen LogP contribution in [-0.2, 0) is 9.59 Å². The number of halogens is 3. The van der Waals surface area contributed by atoms with Gasteiger partial charge in [-0.1, -0.05) is 45.2 Å². The Morgan fingerprint density at radius 1 is 1.03 bits per heavy atom. The first-order valence-corrected chi connectivity index (χ1v) is 10.4. The molecule has 0 aliphatic heterocycles. The van der Waals surface area contributed by atoms with Crippen molar-refractivity contribution in [3.8, 4) is 5.69 Å². The summed E-state index contributed by atoms with van der Waals surface area (Å²) < 4.78 is 2.78. The van der Waals surface area contributed by atoms with Crippen LogP contribution in [0.4, 0.5) is 5.69 Å². The second-order valence-electron chi connectivity index (χ2n) is 6.42. The Kier molecular flexibility index (Phi) is 6.97. The number of aromatic nitrogens is 1. The summed E-state index contributed by atoms with van der Waals surface area (Å²) in [6.07, 6.45) is 1.49. The smallest absolute Gasteiger partial charge is 0.318 e. The summed E-state index contributed by atoms with van der Waals surface area (Å²) in [7, 11) is 0. The van der Waals surface area contributed by atoms with Gasteiger partial charge < -0.3 is 9.88 Å². The van der Waals surface area contributed by atoms with E-state index in [1.165, 1.54) is 6.21 Å². The zero-order valence-corrected chi connectivity index (χ0v) is 19.1. The first-order valence-electron chi connectivity index (χ1n) is 8.80. The Bertz CT molecular complexity index is 1160. The molecule has 0 radical (unpaired) electrons. The van der Waals surface area contributed by atoms with Crippen molar-refractivity contribution in [1.82, 2.24) is 9.99 Å². The molecule has 0 saturated carbocycles. The van der Waals surface area contributed by atoms with Gasteiger partial charge in [0.1, 0.15) is 0 Å². The predicted octanol–water partition coefficient (Wildman–Crippen LogP) is 5.25. The fourth-order valence-electron chi connectivity index (χ4n) is 2.91. The highest BCUT2D eigenvalue weighted by Crippen LogP contribution is 2.27. The third kappa shape index (κ3) is 5.11. The molecule has 2 N–H and O–H groups in total. The summed E-state index contributed by atoms with van der Waals surface area (Å²) in [6.45, 7) is 3.86. The van der Waals surface area contributed by atoms with Crippen molar-refractivity contribution < 1.29 is 9.59 Å². The minimum absolute atomic E-state index is 0.459. The third-order valence-corrected chi connectivity index (χ3v) is 5.52. The fraction of sp³-hybridized carbons (Fsp3) is 0.0952. The van der Waals surface area contributed by atoms with E-state index in [1.807, 2.05) is 36.6 Å². The molecule has 1 aromatic heterocycles. The van der Waals surface area contributed by atoms with Crippen molar-refractivity contribution in [3.63, 3.8) is 0 Å². The van der Waals surface area contributed by atoms with Crippen LogP contribution in [0.25, 0.3) is 5.69 Å². The topological polar surface area (TPSA) is 75.5 Å². The number of amides is 2. The maximum absolute atomic E-state index is 12.0. The van der Waals surface area contributed by atoms with Crippen LogP contribution in [0, 0.1) is 13.8 Å². The van der Waals surface area contributed by atoms with Gasteiger partial charge in [-0.25, -0.2) is 5.43 Å². The van der Waals surface area contributed by atoms with Gasteiger partial charge in [-0.3, -0.25) is 9.59 Å². The number of anilines is 1. The van der Waals surface area contributed by atoms with E-state index in [1.54, 1.807) is 30.3 Å². The maximum atomic E-state index is 12.0. The molecule has 154 valence electrons. The Balaban J connectivity index is 1.69. The van der Waals surface area contributed by atoms with Crippen molar-refractivity contribution in [2.24, 2.45) is 5.10 Å². The molecule has 0 saturated heterocycles. The number of hydrogen-bond donors (Lipinski definition) is 2. The van der Waals surface area contributed by atoms with Crippen molar-refractivity contribution in [2.75, 3.05) is 5.32 Å². The summed E-state index contributed by atoms with van der Waals surface area (Å²) in [5.41, 5.74) is 6.22. The average molecular weight is 508 g/mol. The Labute approximate surface area is 192 Å². The molecule has 0 atom stereocenters. The third-order valence-electron chi connectivity index (χ3n) is 4.29. The molecule has 3 rings (SSSR count). The number of nitrogens with one attached hydrogen (secondary N) is 2. The van der Waals surface area contributed by atoms with E-state index in [2.05, 4.69) is 31.8 Å². The molecule has 3 aromatic rings. The van der Waals surface area contributed by atoms with E-state index in [0.717, 1.165) is 27.1 Å². The van der Waals surface area contributed by atoms with Gasteiger partial charge in [-0.05, 0) is 56.3 Å². The Morgan fingerprint density at radius 2 is 1.80 bits per heavy atom. The molecule has 0 bridgehead atoms. The lowest BCUT2D eigenvalue weighted by molar-refractivity contribution is -0.136. The molecular weight excluding hydrogens is 491 g/mol. The van der Waals surface area contributed by atoms with E-state index in [0.29, 0.717) is 15.7 Å². The predicted molar refractivity (Wildman–Crippen MR) is 124 cm³/mol. The van der Waals surface area contributed by atoms with E-state index in [-0.39, 0.29) is 0 Å². The second kappa shape index (κ2) is 9.47. The van der Waals surface area contributed by atoms with Crippen molar-refractivity contribution in [1.29, 1.82) is 0 Å². The Hall–Kier alpha value is -2.61. The van der Waals surface area contributed by atoms with Crippen LogP contribution in [0.1, 0.15) is 17.0 Å². The minimum Gasteiger partial charge on any atom is -0.318 e. The van der Waals surface area contributed by atoms with E-state index < -0.39 is 11.8 Å². The highest BCUT2D eigenvalue weighted by Gasteiger charge is 2.14. The first kappa shape index (κ1) is 22.1. The number of carbonyl (C=O) groups excluding carboxylic acids is 2. The van der Waals surface area contributed by atoms with Crippen LogP contribution < -0.4 is 10.7 Å². The molecule has 1 heterocycles. The number of aryl methyl sites for hydroxylation is 1. The van der Waals surface area contributed by atoms with Gasteiger partial charge in [0.05, 0.1) is 16.3 Å². The van der Waals surface area contributed by atoms with Gasteiger partial charge in [0.25, 0.3) is 0 Å². The van der Waals surface area contributed by atoms with Crippen molar-refractivity contribution >= 4 is 62.8 Å². The Morgan fingerprint density at radius 3 is 2.50 bits per heavy atom. The quantitative estimate of drug-likeness (QED) is 0.287. The van der Waals surface area contributed by atoms with E-state index in [9.17, 15) is 9.59 Å². The zero-order chi connectivity index (χ0) is 21.8. The summed E-state index contributed by atoms with van der Waals surface area (Å²) in [5.74, 6) is -1.68. The van der Waals surface area contributed by atoms with Crippen LogP contribution in [0.15, 0.2) is 58.1 Å². The summed E-state index contributed by atoms with van der Waals surface area (Å²) in [6, 6.07) is 14.2. The molecule has 0 unspecified atom stereocenters. The van der Waals surface area contributed by atoms with E-state index >= 15 is 0 Å². The standard InChI is InChI=1S/C21H17BrCl2N4O2/c1-12-8-14(13(2)28(12)17-6-7-18(23)19(24)10-17)11-25-27-21(30)20(29)26-16-5-3-4-15(22)9-16/h3-11H,1-2H3,(H,26,29)(H,27,30)/b25-11-. The van der Waals surface area contributed by atoms with Crippen LogP contribution in [0.2, 0.25) is 10.0 Å². The molecule has 9 heteroatoms. The molecular formula is C21H17BrCl2N4O2. The summed E-state index contributed by atoms with van der Waals surface area (Å²) in [4.78, 5) is 24.0. The largest absolute Gasteiger partial charge is 0.329 e. The first-order chi connectivity index (χ1) is 14.3. The molecule has 2 aromatic carbocycles. The number of carbonyl (C=O) groups is 2. The van der Waals surface area contributed by atoms with Crippen LogP contribution in [0.3, 0.4) is 0 Å². The molecule has 0 spiro atoms. The normalized spacial score (nSPS) is 11.0. The van der Waals surface area contributed by atoms with Gasteiger partial charge >= 0.3 is 11.8 Å². The average Bonchev–Trinajstić information content (AvgIpc) is 2.97. The van der Waals surface area contributed by atoms with Crippen LogP contribution in [-0.4, -0.2) is 22.6 Å². The van der Waals surface area contributed by atoms with Gasteiger partial charge in [-0.2, -0.15) is 5.10 Å². The van der Waals surface area contributed by atoms with Crippen molar-refractivity contribution in [3.05, 3.63) is 80.0 Å². The molecule has 0 fully saturated rings. The fourth-order valence-corrected chi connectivity index (χ4v) is 3.60. The summed E-state index contributed by atoms with van der Waals surface area (Å²) in [5, 5.41) is 7.35. The van der Waals surface area contributed by atoms with Gasteiger partial charge in [0.15, 0.2) is 0 Å². The second-order valence-corrected chi connectivity index (χ2v) is 8.15. The molecule has 0 aliphatic rings. The lowest BCUT2D eigenvalue weighted by Crippen LogP contribution is -2.32. The SMILES string of the molecule is Cc1cc(/C=N\NC(=O)C(=O)Nc2cccc(Br)c2)c(C)n1-c1ccc(Cl)c(Cl)c1. The minimum atomic E-state index is -0.871. The van der Waals surface area contributed by atoms with E-state index in [4.69, 9.17) is 23.2 Å². The summed E-state index contributed by atoms with van der Waals surface area (Å²) >= 11 is 15.4. The lowest BCUT2D eigenvalue weighted by Gasteiger charge is -2.10. The monoisotopic (exact) mass is 506 g/mol. The zero-order valence-electron chi connectivity index (χ0n) is 16.0. The number of nitrogens with zero attached hydrogens (tertiary/aromatic N) is 2. The maximum Gasteiger partial charge on any atom is 0.329 e. The molecule has 6 nitrogen and oxygen atoms in total. The molecule has 30 heavy (non-hydrogen) atoms. The number of hydrogen-bond acceptors (Lipinski definition) is 3. The number of rotatable bonds is 4. The van der Waals surface area contributed by atoms with Gasteiger partial charge in [0.2, 0.25) is 0 Å². The van der Waals surface area contributed by atoms with Crippen LogP contribution >= 0.6 is 39.1 Å². The highest BCUT2D eigenvalue weighted by molar-refractivity contribution is 9.10. The van der Waals surface area contributed by atoms with Gasteiger partial charge in [-0.15, -0.1) is 0 Å². The molecule has 0 aliphatic carbocycles. The van der Waals surface area contributed by atoms with Crippen molar-refractivity contribution in [2.45, 2.75) is 13.8 Å². The molecule has 2 amide bonds. The lowest BCUT2D eigenvalue weighted by atomic mass is 10.2. The van der Waals surface area contributed by atoms with Gasteiger partial charge in [0, 0.05) is 32.8 Å². The number of benzene rings is 2.